The van der Waals surface area contributed by atoms with Gasteiger partial charge in [-0.25, -0.2) is 0 Å². The molecule has 0 amide bonds. The number of hydrazine groups is 1. The van der Waals surface area contributed by atoms with Crippen LogP contribution in [0, 0.1) is 0 Å². The molecule has 1 aromatic rings. The van der Waals surface area contributed by atoms with E-state index in [2.05, 4.69) is 15.3 Å². The highest BCUT2D eigenvalue weighted by Gasteiger charge is 2.27. The van der Waals surface area contributed by atoms with Crippen molar-refractivity contribution >= 4 is 0 Å². The van der Waals surface area contributed by atoms with Gasteiger partial charge in [-0.05, 0) is 6.07 Å². The first kappa shape index (κ1) is 13.9. The van der Waals surface area contributed by atoms with E-state index >= 15 is 0 Å². The molecule has 17 heavy (non-hydrogen) atoms. The van der Waals surface area contributed by atoms with Gasteiger partial charge >= 0.3 is 6.18 Å². The molecule has 1 unspecified atom stereocenters. The van der Waals surface area contributed by atoms with Crippen molar-refractivity contribution in [3.05, 3.63) is 18.0 Å². The van der Waals surface area contributed by atoms with Crippen molar-refractivity contribution in [2.45, 2.75) is 18.6 Å². The molecule has 5 nitrogen and oxygen atoms in total. The molecule has 1 heterocycles. The van der Waals surface area contributed by atoms with E-state index in [-0.39, 0.29) is 6.61 Å². The van der Waals surface area contributed by atoms with Crippen LogP contribution in [-0.2, 0) is 18.2 Å². The molecule has 0 bridgehead atoms. The van der Waals surface area contributed by atoms with E-state index in [1.54, 1.807) is 24.0 Å². The van der Waals surface area contributed by atoms with Gasteiger partial charge in [0.1, 0.15) is 6.61 Å². The Morgan fingerprint density at radius 3 is 2.76 bits per heavy atom. The van der Waals surface area contributed by atoms with Crippen LogP contribution in [0.15, 0.2) is 12.3 Å². The average molecular weight is 252 g/mol. The number of rotatable bonds is 6. The van der Waals surface area contributed by atoms with E-state index in [4.69, 9.17) is 5.84 Å². The highest BCUT2D eigenvalue weighted by atomic mass is 19.4. The van der Waals surface area contributed by atoms with Crippen LogP contribution < -0.4 is 11.3 Å². The van der Waals surface area contributed by atoms with Crippen LogP contribution in [0.1, 0.15) is 5.69 Å². The molecule has 0 spiro atoms. The van der Waals surface area contributed by atoms with Gasteiger partial charge in [0, 0.05) is 19.7 Å². The Kier molecular flexibility index (Phi) is 4.91. The van der Waals surface area contributed by atoms with Crippen LogP contribution in [0.2, 0.25) is 0 Å². The summed E-state index contributed by atoms with van der Waals surface area (Å²) in [6.07, 6.45) is -2.15. The summed E-state index contributed by atoms with van der Waals surface area (Å²) in [4.78, 5) is 0. The zero-order valence-electron chi connectivity index (χ0n) is 9.37. The number of aromatic nitrogens is 2. The van der Waals surface area contributed by atoms with Gasteiger partial charge in [-0.3, -0.25) is 16.0 Å². The Morgan fingerprint density at radius 2 is 2.29 bits per heavy atom. The molecule has 8 heteroatoms. The Labute approximate surface area is 96.7 Å². The highest BCUT2D eigenvalue weighted by molar-refractivity contribution is 5.01. The zero-order valence-corrected chi connectivity index (χ0v) is 9.37. The number of nitrogens with two attached hydrogens (primary N) is 1. The summed E-state index contributed by atoms with van der Waals surface area (Å²) in [5, 5.41) is 4.10. The maximum Gasteiger partial charge on any atom is 0.411 e. The number of aryl methyl sites for hydroxylation is 1. The predicted octanol–water partition coefficient (Wildman–Crippen LogP) is 0.373. The molecule has 0 aliphatic heterocycles. The standard InChI is InChI=1S/C9H15F3N4O/c1-16-3-2-7(15-16)4-8(14-13)5-17-6-9(10,11)12/h2-3,8,14H,4-6,13H2,1H3. The summed E-state index contributed by atoms with van der Waals surface area (Å²) in [7, 11) is 1.76. The topological polar surface area (TPSA) is 65.1 Å². The van der Waals surface area contributed by atoms with Crippen LogP contribution in [-0.4, -0.2) is 35.2 Å². The summed E-state index contributed by atoms with van der Waals surface area (Å²) in [5.74, 6) is 5.23. The lowest BCUT2D eigenvalue weighted by atomic mass is 10.2. The third kappa shape index (κ3) is 5.66. The maximum atomic E-state index is 11.8. The predicted molar refractivity (Wildman–Crippen MR) is 54.9 cm³/mol. The van der Waals surface area contributed by atoms with Crippen LogP contribution in [0.4, 0.5) is 13.2 Å². The Bertz CT molecular complexity index is 339. The summed E-state index contributed by atoms with van der Waals surface area (Å²) in [6.45, 7) is -1.39. The van der Waals surface area contributed by atoms with Gasteiger partial charge in [-0.2, -0.15) is 18.3 Å². The Morgan fingerprint density at radius 1 is 1.59 bits per heavy atom. The first-order valence-electron chi connectivity index (χ1n) is 5.00. The summed E-state index contributed by atoms with van der Waals surface area (Å²) < 4.78 is 41.7. The average Bonchev–Trinajstić information content (AvgIpc) is 2.60. The molecular weight excluding hydrogens is 237 g/mol. The second kappa shape index (κ2) is 5.99. The molecule has 0 aliphatic carbocycles. The van der Waals surface area contributed by atoms with Crippen molar-refractivity contribution in [1.82, 2.24) is 15.2 Å². The van der Waals surface area contributed by atoms with E-state index in [0.717, 1.165) is 5.69 Å². The fourth-order valence-corrected chi connectivity index (χ4v) is 1.31. The number of nitrogens with zero attached hydrogens (tertiary/aromatic N) is 2. The number of halogens is 3. The monoisotopic (exact) mass is 252 g/mol. The Hall–Kier alpha value is -1.12. The minimum absolute atomic E-state index is 0.118. The lowest BCUT2D eigenvalue weighted by molar-refractivity contribution is -0.175. The fourth-order valence-electron chi connectivity index (χ4n) is 1.31. The highest BCUT2D eigenvalue weighted by Crippen LogP contribution is 2.14. The molecule has 0 fully saturated rings. The summed E-state index contributed by atoms with van der Waals surface area (Å²) in [6, 6.07) is 1.38. The Balaban J connectivity index is 2.34. The first-order chi connectivity index (χ1) is 7.90. The maximum absolute atomic E-state index is 11.8. The molecule has 3 N–H and O–H groups in total. The zero-order chi connectivity index (χ0) is 12.9. The molecule has 1 aromatic heterocycles. The first-order valence-corrected chi connectivity index (χ1v) is 5.00. The van der Waals surface area contributed by atoms with Crippen molar-refractivity contribution < 1.29 is 17.9 Å². The normalized spacial score (nSPS) is 13.9. The van der Waals surface area contributed by atoms with Gasteiger partial charge in [0.2, 0.25) is 0 Å². The minimum Gasteiger partial charge on any atom is -0.370 e. The lowest BCUT2D eigenvalue weighted by Crippen LogP contribution is -2.41. The minimum atomic E-state index is -4.32. The molecule has 0 aromatic carbocycles. The molecule has 0 saturated carbocycles. The second-order valence-electron chi connectivity index (χ2n) is 3.68. The van der Waals surface area contributed by atoms with Gasteiger partial charge in [-0.1, -0.05) is 0 Å². The number of ether oxygens (including phenoxy) is 1. The van der Waals surface area contributed by atoms with Gasteiger partial charge in [0.05, 0.1) is 18.3 Å². The van der Waals surface area contributed by atoms with Crippen molar-refractivity contribution in [2.24, 2.45) is 12.9 Å². The molecule has 98 valence electrons. The van der Waals surface area contributed by atoms with E-state index in [1.165, 1.54) is 0 Å². The smallest absolute Gasteiger partial charge is 0.370 e. The largest absolute Gasteiger partial charge is 0.411 e. The van der Waals surface area contributed by atoms with Gasteiger partial charge in [0.15, 0.2) is 0 Å². The van der Waals surface area contributed by atoms with Gasteiger partial charge in [0.25, 0.3) is 0 Å². The number of hydrogen-bond donors (Lipinski definition) is 2. The van der Waals surface area contributed by atoms with Gasteiger partial charge < -0.3 is 4.74 Å². The van der Waals surface area contributed by atoms with E-state index in [9.17, 15) is 13.2 Å². The van der Waals surface area contributed by atoms with Crippen LogP contribution in [0.5, 0.6) is 0 Å². The molecular formula is C9H15F3N4O. The SMILES string of the molecule is Cn1ccc(CC(COCC(F)(F)F)NN)n1. The second-order valence-corrected chi connectivity index (χ2v) is 3.68. The molecule has 1 rings (SSSR count). The van der Waals surface area contributed by atoms with Crippen LogP contribution in [0.3, 0.4) is 0 Å². The van der Waals surface area contributed by atoms with Crippen molar-refractivity contribution in [3.8, 4) is 0 Å². The number of hydrogen-bond acceptors (Lipinski definition) is 4. The summed E-state index contributed by atoms with van der Waals surface area (Å²) >= 11 is 0. The van der Waals surface area contributed by atoms with E-state index in [0.29, 0.717) is 6.42 Å². The van der Waals surface area contributed by atoms with E-state index < -0.39 is 18.8 Å². The van der Waals surface area contributed by atoms with Crippen molar-refractivity contribution in [1.29, 1.82) is 0 Å². The van der Waals surface area contributed by atoms with Gasteiger partial charge in [-0.15, -0.1) is 0 Å². The molecule has 0 radical (unpaired) electrons. The van der Waals surface area contributed by atoms with Crippen molar-refractivity contribution in [2.75, 3.05) is 13.2 Å². The quantitative estimate of drug-likeness (QED) is 0.567. The third-order valence-corrected chi connectivity index (χ3v) is 2.04. The van der Waals surface area contributed by atoms with Crippen LogP contribution in [0.25, 0.3) is 0 Å². The number of nitrogens with one attached hydrogen (secondary N) is 1. The summed E-state index contributed by atoms with van der Waals surface area (Å²) in [5.41, 5.74) is 3.15. The molecule has 0 saturated heterocycles. The fraction of sp³-hybridized carbons (Fsp3) is 0.667. The molecule has 1 atom stereocenters. The number of alkyl halides is 3. The molecule has 0 aliphatic rings. The third-order valence-electron chi connectivity index (χ3n) is 2.04. The van der Waals surface area contributed by atoms with Crippen molar-refractivity contribution in [3.63, 3.8) is 0 Å². The van der Waals surface area contributed by atoms with Crippen LogP contribution >= 0.6 is 0 Å². The lowest BCUT2D eigenvalue weighted by Gasteiger charge is -2.15. The van der Waals surface area contributed by atoms with E-state index in [1.807, 2.05) is 0 Å².